The number of carbonyl (C=O) groups is 4. The van der Waals surface area contributed by atoms with Gasteiger partial charge < -0.3 is 19.5 Å². The molecule has 170 valence electrons. The van der Waals surface area contributed by atoms with Crippen molar-refractivity contribution < 1.29 is 33.4 Å². The van der Waals surface area contributed by atoms with E-state index < -0.39 is 29.7 Å². The molecule has 1 aliphatic heterocycles. The Morgan fingerprint density at radius 1 is 1.16 bits per heavy atom. The third kappa shape index (κ3) is 4.30. The zero-order valence-corrected chi connectivity index (χ0v) is 18.8. The molecule has 3 rings (SSSR count). The van der Waals surface area contributed by atoms with Crippen LogP contribution in [0, 0.1) is 11.8 Å². The minimum atomic E-state index is -0.953. The molecule has 1 aromatic rings. The molecule has 1 aliphatic carbocycles. The van der Waals surface area contributed by atoms with E-state index in [1.807, 2.05) is 6.92 Å². The fourth-order valence-electron chi connectivity index (χ4n) is 4.39. The predicted molar refractivity (Wildman–Crippen MR) is 114 cm³/mol. The highest BCUT2D eigenvalue weighted by atomic mass is 16.5. The van der Waals surface area contributed by atoms with Crippen molar-refractivity contribution in [3.8, 4) is 5.75 Å². The van der Waals surface area contributed by atoms with E-state index in [1.165, 1.54) is 14.0 Å². The average molecular weight is 441 g/mol. The number of rotatable bonds is 5. The van der Waals surface area contributed by atoms with Crippen molar-refractivity contribution in [3.05, 3.63) is 52.4 Å². The lowest BCUT2D eigenvalue weighted by Gasteiger charge is -2.38. The summed E-state index contributed by atoms with van der Waals surface area (Å²) >= 11 is 0. The topological polar surface area (TPSA) is 108 Å². The molecule has 0 saturated carbocycles. The van der Waals surface area contributed by atoms with Crippen molar-refractivity contribution in [3.63, 3.8) is 0 Å². The highest BCUT2D eigenvalue weighted by Gasteiger charge is 2.47. The Morgan fingerprint density at radius 3 is 2.38 bits per heavy atom. The molecule has 0 bridgehead atoms. The van der Waals surface area contributed by atoms with Crippen molar-refractivity contribution in [2.75, 3.05) is 13.7 Å². The second-order valence-corrected chi connectivity index (χ2v) is 7.92. The number of carbonyl (C=O) groups excluding carboxylic acids is 4. The van der Waals surface area contributed by atoms with Crippen LogP contribution in [0.3, 0.4) is 0 Å². The summed E-state index contributed by atoms with van der Waals surface area (Å²) in [4.78, 5) is 50.1. The van der Waals surface area contributed by atoms with Gasteiger partial charge in [-0.1, -0.05) is 19.1 Å². The lowest BCUT2D eigenvalue weighted by Crippen LogP contribution is -2.43. The van der Waals surface area contributed by atoms with Crippen molar-refractivity contribution in [1.29, 1.82) is 0 Å². The van der Waals surface area contributed by atoms with Gasteiger partial charge in [-0.05, 0) is 43.9 Å². The maximum absolute atomic E-state index is 13.6. The van der Waals surface area contributed by atoms with E-state index in [1.54, 1.807) is 38.1 Å². The minimum absolute atomic E-state index is 0.176. The molecule has 0 aromatic heterocycles. The molecule has 8 heteroatoms. The third-order valence-corrected chi connectivity index (χ3v) is 5.71. The summed E-state index contributed by atoms with van der Waals surface area (Å²) in [6.45, 7) is 6.77. The number of dihydropyridines is 1. The SMILES string of the molecule is CCOC(=O)C1=C(C)NC2=C(C(=O)[C@H](C(=O)OC)[C@H](C)C2)[C@H]1c1ccc(OC(C)=O)cc1. The van der Waals surface area contributed by atoms with Crippen LogP contribution >= 0.6 is 0 Å². The number of hydrogen-bond donors (Lipinski definition) is 1. The summed E-state index contributed by atoms with van der Waals surface area (Å²) in [5, 5.41) is 3.20. The lowest BCUT2D eigenvalue weighted by atomic mass is 9.69. The summed E-state index contributed by atoms with van der Waals surface area (Å²) in [6.07, 6.45) is 0.455. The summed E-state index contributed by atoms with van der Waals surface area (Å²) in [6, 6.07) is 6.60. The molecule has 0 radical (unpaired) electrons. The average Bonchev–Trinajstić information content (AvgIpc) is 2.72. The van der Waals surface area contributed by atoms with Gasteiger partial charge in [0.25, 0.3) is 0 Å². The highest BCUT2D eigenvalue weighted by Crippen LogP contribution is 2.45. The number of benzene rings is 1. The Hall–Kier alpha value is -3.42. The first-order valence-electron chi connectivity index (χ1n) is 10.5. The van der Waals surface area contributed by atoms with Gasteiger partial charge in [0, 0.05) is 29.8 Å². The van der Waals surface area contributed by atoms with E-state index in [4.69, 9.17) is 14.2 Å². The number of nitrogens with one attached hydrogen (secondary N) is 1. The Balaban J connectivity index is 2.14. The summed E-state index contributed by atoms with van der Waals surface area (Å²) < 4.78 is 15.3. The second-order valence-electron chi connectivity index (χ2n) is 7.92. The molecule has 32 heavy (non-hydrogen) atoms. The Kier molecular flexibility index (Phi) is 6.81. The van der Waals surface area contributed by atoms with Crippen molar-refractivity contribution in [1.82, 2.24) is 5.32 Å². The van der Waals surface area contributed by atoms with Crippen LogP contribution in [0.4, 0.5) is 0 Å². The van der Waals surface area contributed by atoms with Gasteiger partial charge >= 0.3 is 17.9 Å². The van der Waals surface area contributed by atoms with E-state index in [2.05, 4.69) is 5.32 Å². The van der Waals surface area contributed by atoms with Gasteiger partial charge in [-0.25, -0.2) is 4.79 Å². The van der Waals surface area contributed by atoms with Crippen LogP contribution < -0.4 is 10.1 Å². The molecule has 3 atom stereocenters. The van der Waals surface area contributed by atoms with E-state index in [9.17, 15) is 19.2 Å². The molecule has 2 aliphatic rings. The monoisotopic (exact) mass is 441 g/mol. The van der Waals surface area contributed by atoms with Gasteiger partial charge in [-0.2, -0.15) is 0 Å². The van der Waals surface area contributed by atoms with Gasteiger partial charge in [0.1, 0.15) is 11.7 Å². The Bertz CT molecular complexity index is 1020. The quantitative estimate of drug-likeness (QED) is 0.422. The van der Waals surface area contributed by atoms with Gasteiger partial charge in [0.15, 0.2) is 5.78 Å². The highest BCUT2D eigenvalue weighted by molar-refractivity contribution is 6.12. The molecule has 0 fully saturated rings. The van der Waals surface area contributed by atoms with Crippen LogP contribution in [0.2, 0.25) is 0 Å². The van der Waals surface area contributed by atoms with Crippen LogP contribution in [0.15, 0.2) is 46.8 Å². The second kappa shape index (κ2) is 9.38. The van der Waals surface area contributed by atoms with Crippen molar-refractivity contribution in [2.24, 2.45) is 11.8 Å². The van der Waals surface area contributed by atoms with Gasteiger partial charge in [0.2, 0.25) is 0 Å². The first kappa shape index (κ1) is 23.2. The number of Topliss-reactive ketones (excluding diaryl/α,β-unsaturated/α-hetero) is 1. The molecule has 1 aromatic carbocycles. The zero-order valence-electron chi connectivity index (χ0n) is 18.8. The molecule has 0 amide bonds. The van der Waals surface area contributed by atoms with E-state index in [0.717, 1.165) is 0 Å². The van der Waals surface area contributed by atoms with E-state index in [0.29, 0.717) is 40.3 Å². The maximum atomic E-state index is 13.6. The molecule has 1 N–H and O–H groups in total. The van der Waals surface area contributed by atoms with Gasteiger partial charge in [-0.3, -0.25) is 14.4 Å². The number of esters is 3. The minimum Gasteiger partial charge on any atom is -0.468 e. The van der Waals surface area contributed by atoms with Crippen LogP contribution in [0.5, 0.6) is 5.75 Å². The van der Waals surface area contributed by atoms with Crippen LogP contribution in [0.25, 0.3) is 0 Å². The molecule has 1 heterocycles. The fourth-order valence-corrected chi connectivity index (χ4v) is 4.39. The first-order valence-corrected chi connectivity index (χ1v) is 10.5. The van der Waals surface area contributed by atoms with Crippen LogP contribution in [0.1, 0.15) is 45.6 Å². The van der Waals surface area contributed by atoms with Crippen LogP contribution in [-0.2, 0) is 28.7 Å². The molecular formula is C24H27NO7. The first-order chi connectivity index (χ1) is 15.2. The maximum Gasteiger partial charge on any atom is 0.336 e. The Labute approximate surface area is 186 Å². The molecular weight excluding hydrogens is 414 g/mol. The summed E-state index contributed by atoms with van der Waals surface area (Å²) in [5.41, 5.74) is 2.57. The Morgan fingerprint density at radius 2 is 1.81 bits per heavy atom. The van der Waals surface area contributed by atoms with Crippen LogP contribution in [-0.4, -0.2) is 37.4 Å². The smallest absolute Gasteiger partial charge is 0.336 e. The zero-order chi connectivity index (χ0) is 23.6. The van der Waals surface area contributed by atoms with E-state index in [-0.39, 0.29) is 18.3 Å². The van der Waals surface area contributed by atoms with Gasteiger partial charge in [0.05, 0.1) is 19.3 Å². The molecule has 0 saturated heterocycles. The molecule has 0 unspecified atom stereocenters. The number of ketones is 1. The normalized spacial score (nSPS) is 22.7. The lowest BCUT2D eigenvalue weighted by molar-refractivity contribution is -0.151. The van der Waals surface area contributed by atoms with Crippen molar-refractivity contribution >= 4 is 23.7 Å². The number of allylic oxidation sites excluding steroid dienone is 3. The van der Waals surface area contributed by atoms with Gasteiger partial charge in [-0.15, -0.1) is 0 Å². The number of hydrogen-bond acceptors (Lipinski definition) is 8. The third-order valence-electron chi connectivity index (χ3n) is 5.71. The number of methoxy groups -OCH3 is 1. The van der Waals surface area contributed by atoms with E-state index >= 15 is 0 Å². The summed E-state index contributed by atoms with van der Waals surface area (Å²) in [7, 11) is 1.25. The molecule has 0 spiro atoms. The standard InChI is InChI=1S/C24H27NO7/c1-6-31-24(29)19-13(3)25-17-11-12(2)18(23(28)30-5)22(27)21(17)20(19)15-7-9-16(10-8-15)32-14(4)26/h7-10,12,18,20,25H,6,11H2,1-5H3/t12-,18-,20+/m1/s1. The molecule has 8 nitrogen and oxygen atoms in total. The van der Waals surface area contributed by atoms with Crippen molar-refractivity contribution in [2.45, 2.75) is 40.0 Å². The largest absolute Gasteiger partial charge is 0.468 e. The number of ether oxygens (including phenoxy) is 3. The predicted octanol–water partition coefficient (Wildman–Crippen LogP) is 2.79. The fraction of sp³-hybridized carbons (Fsp3) is 0.417. The summed E-state index contributed by atoms with van der Waals surface area (Å²) in [5.74, 6) is -3.56.